The predicted octanol–water partition coefficient (Wildman–Crippen LogP) is 5.36. The maximum Gasteiger partial charge on any atom is 0.244 e. The van der Waals surface area contributed by atoms with Gasteiger partial charge in [-0.25, -0.2) is 0 Å². The van der Waals surface area contributed by atoms with E-state index in [0.29, 0.717) is 18.4 Å². The van der Waals surface area contributed by atoms with Crippen LogP contribution in [0, 0.1) is 5.92 Å². The zero-order chi connectivity index (χ0) is 23.2. The summed E-state index contributed by atoms with van der Waals surface area (Å²) in [6.07, 6.45) is 9.24. The van der Waals surface area contributed by atoms with Crippen LogP contribution in [0.25, 0.3) is 6.08 Å². The van der Waals surface area contributed by atoms with Crippen molar-refractivity contribution in [3.05, 3.63) is 101 Å². The van der Waals surface area contributed by atoms with Gasteiger partial charge in [-0.3, -0.25) is 9.78 Å². The van der Waals surface area contributed by atoms with E-state index in [2.05, 4.69) is 63.7 Å². The Kier molecular flexibility index (Phi) is 7.42. The van der Waals surface area contributed by atoms with Gasteiger partial charge in [0.1, 0.15) is 0 Å². The van der Waals surface area contributed by atoms with Crippen molar-refractivity contribution in [2.75, 3.05) is 26.2 Å². The highest BCUT2D eigenvalue weighted by Gasteiger charge is 2.32. The Hall–Kier alpha value is -2.89. The first-order valence-electron chi connectivity index (χ1n) is 12.2. The molecule has 0 saturated carbocycles. The number of likely N-dealkylation sites (tertiary alicyclic amines) is 1. The maximum atomic E-state index is 12.1. The lowest BCUT2D eigenvalue weighted by atomic mass is 9.75. The Bertz CT molecular complexity index is 1090. The molecule has 1 amide bonds. The zero-order valence-electron chi connectivity index (χ0n) is 19.4. The minimum absolute atomic E-state index is 0.0529. The van der Waals surface area contributed by atoms with Crippen molar-refractivity contribution in [2.45, 2.75) is 29.4 Å². The van der Waals surface area contributed by atoms with E-state index in [-0.39, 0.29) is 5.91 Å². The van der Waals surface area contributed by atoms with Gasteiger partial charge in [-0.1, -0.05) is 48.5 Å². The van der Waals surface area contributed by atoms with Crippen molar-refractivity contribution >= 4 is 23.7 Å². The van der Waals surface area contributed by atoms with Crippen LogP contribution in [-0.2, 0) is 10.5 Å². The number of pyridine rings is 1. The minimum Gasteiger partial charge on any atom is -0.351 e. The van der Waals surface area contributed by atoms with E-state index >= 15 is 0 Å². The molecular formula is C29H31N3OS. The molecule has 3 aromatic rings. The number of piperidine rings is 1. The van der Waals surface area contributed by atoms with Gasteiger partial charge in [0.2, 0.25) is 5.91 Å². The molecule has 0 aliphatic carbocycles. The Labute approximate surface area is 206 Å². The van der Waals surface area contributed by atoms with E-state index in [9.17, 15) is 4.79 Å². The predicted molar refractivity (Wildman–Crippen MR) is 140 cm³/mol. The summed E-state index contributed by atoms with van der Waals surface area (Å²) in [4.78, 5) is 20.1. The van der Waals surface area contributed by atoms with Crippen LogP contribution in [0.1, 0.15) is 41.0 Å². The third-order valence-electron chi connectivity index (χ3n) is 6.97. The average molecular weight is 470 g/mol. The first-order valence-corrected chi connectivity index (χ1v) is 13.1. The van der Waals surface area contributed by atoms with Gasteiger partial charge >= 0.3 is 0 Å². The first-order chi connectivity index (χ1) is 16.8. The second-order valence-corrected chi connectivity index (χ2v) is 10.1. The molecule has 174 valence electrons. The summed E-state index contributed by atoms with van der Waals surface area (Å²) in [5, 5.41) is 3.02. The van der Waals surface area contributed by atoms with E-state index in [1.165, 1.54) is 34.4 Å². The fourth-order valence-corrected chi connectivity index (χ4v) is 6.33. The quantitative estimate of drug-likeness (QED) is 0.494. The van der Waals surface area contributed by atoms with Crippen LogP contribution in [0.4, 0.5) is 0 Å². The van der Waals surface area contributed by atoms with Crippen LogP contribution in [0.2, 0.25) is 0 Å². The number of aromatic nitrogens is 1. The fourth-order valence-electron chi connectivity index (χ4n) is 5.22. The number of carbonyl (C=O) groups is 1. The Balaban J connectivity index is 1.17. The van der Waals surface area contributed by atoms with E-state index in [0.717, 1.165) is 31.0 Å². The number of hydrogen-bond donors (Lipinski definition) is 1. The molecule has 4 nitrogen and oxygen atoms in total. The molecule has 0 spiro atoms. The number of benzene rings is 2. The summed E-state index contributed by atoms with van der Waals surface area (Å²) in [6.45, 7) is 3.74. The molecule has 0 bridgehead atoms. The highest BCUT2D eigenvalue weighted by molar-refractivity contribution is 7.98. The van der Waals surface area contributed by atoms with Crippen molar-refractivity contribution in [1.82, 2.24) is 15.2 Å². The molecule has 1 fully saturated rings. The number of rotatable bonds is 6. The third kappa shape index (κ3) is 5.43. The van der Waals surface area contributed by atoms with Gasteiger partial charge in [-0.05, 0) is 72.3 Å². The molecule has 5 heteroatoms. The molecule has 1 aromatic heterocycles. The highest BCUT2D eigenvalue weighted by atomic mass is 32.2. The van der Waals surface area contributed by atoms with Gasteiger partial charge in [-0.15, -0.1) is 11.8 Å². The van der Waals surface area contributed by atoms with E-state index in [1.54, 1.807) is 24.5 Å². The number of amides is 1. The summed E-state index contributed by atoms with van der Waals surface area (Å²) in [5.74, 6) is 2.12. The van der Waals surface area contributed by atoms with Crippen LogP contribution < -0.4 is 5.32 Å². The average Bonchev–Trinajstić information content (AvgIpc) is 3.06. The van der Waals surface area contributed by atoms with Crippen molar-refractivity contribution in [3.63, 3.8) is 0 Å². The van der Waals surface area contributed by atoms with Gasteiger partial charge < -0.3 is 10.2 Å². The Morgan fingerprint density at radius 1 is 1.03 bits per heavy atom. The van der Waals surface area contributed by atoms with Gasteiger partial charge in [0, 0.05) is 48.1 Å². The molecular weight excluding hydrogens is 438 g/mol. The molecule has 1 atom stereocenters. The second kappa shape index (κ2) is 11.0. The summed E-state index contributed by atoms with van der Waals surface area (Å²) in [5.41, 5.74) is 5.44. The van der Waals surface area contributed by atoms with Crippen molar-refractivity contribution in [3.8, 4) is 0 Å². The number of nitrogens with one attached hydrogen (secondary N) is 1. The Morgan fingerprint density at radius 3 is 2.65 bits per heavy atom. The molecule has 3 heterocycles. The van der Waals surface area contributed by atoms with Crippen LogP contribution in [0.3, 0.4) is 0 Å². The first kappa shape index (κ1) is 22.9. The van der Waals surface area contributed by atoms with Crippen LogP contribution in [0.5, 0.6) is 0 Å². The summed E-state index contributed by atoms with van der Waals surface area (Å²) in [7, 11) is 0. The van der Waals surface area contributed by atoms with E-state index < -0.39 is 0 Å². The third-order valence-corrected chi connectivity index (χ3v) is 8.11. The van der Waals surface area contributed by atoms with Crippen LogP contribution >= 0.6 is 11.8 Å². The normalized spacial score (nSPS) is 18.8. The molecule has 0 radical (unpaired) electrons. The van der Waals surface area contributed by atoms with Gasteiger partial charge in [0.25, 0.3) is 0 Å². The number of thioether (sulfide) groups is 1. The largest absolute Gasteiger partial charge is 0.351 e. The smallest absolute Gasteiger partial charge is 0.244 e. The zero-order valence-corrected chi connectivity index (χ0v) is 20.2. The van der Waals surface area contributed by atoms with Gasteiger partial charge in [0.05, 0.1) is 0 Å². The standard InChI is InChI=1S/C29H31N3OS/c33-28(12-11-22-6-5-15-30-20-22)31-16-19-32-17-13-23(14-18-32)29-25-8-2-1-7-24(25)21-34-27-10-4-3-9-26(27)29/h1-12,15,20,23,29H,13-14,16-19,21H2,(H,31,33)/b12-11-. The number of nitrogens with zero attached hydrogens (tertiary/aromatic N) is 2. The van der Waals surface area contributed by atoms with Crippen molar-refractivity contribution in [2.24, 2.45) is 5.92 Å². The SMILES string of the molecule is O=C(/C=C\c1cccnc1)NCCN1CCC(C2c3ccccc3CSc3ccccc32)CC1. The number of fused-ring (bicyclic) bond motifs is 2. The summed E-state index contributed by atoms with van der Waals surface area (Å²) in [6, 6.07) is 21.8. The molecule has 2 aliphatic heterocycles. The molecule has 2 aromatic carbocycles. The fraction of sp³-hybridized carbons (Fsp3) is 0.310. The Morgan fingerprint density at radius 2 is 1.82 bits per heavy atom. The van der Waals surface area contributed by atoms with Crippen LogP contribution in [-0.4, -0.2) is 42.0 Å². The molecule has 2 aliphatic rings. The topological polar surface area (TPSA) is 45.2 Å². The lowest BCUT2D eigenvalue weighted by Crippen LogP contribution is -2.40. The van der Waals surface area contributed by atoms with E-state index in [1.807, 2.05) is 23.9 Å². The monoisotopic (exact) mass is 469 g/mol. The highest BCUT2D eigenvalue weighted by Crippen LogP contribution is 2.46. The van der Waals surface area contributed by atoms with Crippen molar-refractivity contribution < 1.29 is 4.79 Å². The maximum absolute atomic E-state index is 12.1. The molecule has 1 saturated heterocycles. The van der Waals surface area contributed by atoms with Gasteiger partial charge in [0.15, 0.2) is 0 Å². The molecule has 5 rings (SSSR count). The molecule has 34 heavy (non-hydrogen) atoms. The lowest BCUT2D eigenvalue weighted by molar-refractivity contribution is -0.116. The minimum atomic E-state index is -0.0529. The van der Waals surface area contributed by atoms with Crippen molar-refractivity contribution in [1.29, 1.82) is 0 Å². The summed E-state index contributed by atoms with van der Waals surface area (Å²) < 4.78 is 0. The van der Waals surface area contributed by atoms with Crippen LogP contribution in [0.15, 0.2) is 84.0 Å². The molecule has 1 unspecified atom stereocenters. The summed E-state index contributed by atoms with van der Waals surface area (Å²) >= 11 is 1.98. The van der Waals surface area contributed by atoms with Gasteiger partial charge in [-0.2, -0.15) is 0 Å². The second-order valence-electron chi connectivity index (χ2n) is 9.09. The lowest BCUT2D eigenvalue weighted by Gasteiger charge is -2.37. The van der Waals surface area contributed by atoms with E-state index in [4.69, 9.17) is 0 Å². The molecule has 1 N–H and O–H groups in total. The number of carbonyl (C=O) groups excluding carboxylic acids is 1. The number of hydrogen-bond acceptors (Lipinski definition) is 4.